The average molecular weight is 305 g/mol. The predicted octanol–water partition coefficient (Wildman–Crippen LogP) is 5.06. The van der Waals surface area contributed by atoms with Gasteiger partial charge in [0.05, 0.1) is 5.39 Å². The first kappa shape index (κ1) is 13.3. The summed E-state index contributed by atoms with van der Waals surface area (Å²) in [7, 11) is 0. The summed E-state index contributed by atoms with van der Waals surface area (Å²) in [6.07, 6.45) is 0. The van der Waals surface area contributed by atoms with E-state index in [2.05, 4.69) is 23.8 Å². The Bertz CT molecular complexity index is 798. The highest BCUT2D eigenvalue weighted by Crippen LogP contribution is 2.36. The summed E-state index contributed by atoms with van der Waals surface area (Å²) >= 11 is 7.65. The fourth-order valence-corrected chi connectivity index (χ4v) is 3.28. The quantitative estimate of drug-likeness (QED) is 0.663. The van der Waals surface area contributed by atoms with Gasteiger partial charge in [0.25, 0.3) is 0 Å². The SMILES string of the molecule is Cc1nc(Oc2cccc(Cl)c2)c2c(C)c(C)sc2n1. The standard InChI is InChI=1S/C15H13ClN2OS/c1-8-9(2)20-15-13(8)14(17-10(3)18-15)19-12-6-4-5-11(16)7-12/h4-7H,1-3H3. The summed E-state index contributed by atoms with van der Waals surface area (Å²) in [5.41, 5.74) is 1.17. The molecule has 102 valence electrons. The molecule has 0 atom stereocenters. The van der Waals surface area contributed by atoms with E-state index in [1.807, 2.05) is 25.1 Å². The minimum Gasteiger partial charge on any atom is -0.438 e. The van der Waals surface area contributed by atoms with Crippen molar-refractivity contribution in [1.82, 2.24) is 9.97 Å². The highest BCUT2D eigenvalue weighted by molar-refractivity contribution is 7.18. The van der Waals surface area contributed by atoms with Gasteiger partial charge in [-0.1, -0.05) is 17.7 Å². The predicted molar refractivity (Wildman–Crippen MR) is 83.2 cm³/mol. The molecule has 3 aromatic rings. The molecule has 0 aliphatic heterocycles. The van der Waals surface area contributed by atoms with E-state index in [0.717, 1.165) is 10.2 Å². The highest BCUT2D eigenvalue weighted by atomic mass is 35.5. The summed E-state index contributed by atoms with van der Waals surface area (Å²) in [6, 6.07) is 7.31. The Kier molecular flexibility index (Phi) is 3.36. The molecule has 5 heteroatoms. The van der Waals surface area contributed by atoms with E-state index in [1.54, 1.807) is 17.4 Å². The number of hydrogen-bond acceptors (Lipinski definition) is 4. The minimum atomic E-state index is 0.594. The van der Waals surface area contributed by atoms with Gasteiger partial charge in [-0.05, 0) is 44.5 Å². The third-order valence-corrected chi connectivity index (χ3v) is 4.45. The van der Waals surface area contributed by atoms with Gasteiger partial charge in [0.2, 0.25) is 5.88 Å². The number of thiophene rings is 1. The Labute approximate surface area is 126 Å². The van der Waals surface area contributed by atoms with E-state index in [0.29, 0.717) is 22.5 Å². The maximum atomic E-state index is 5.99. The lowest BCUT2D eigenvalue weighted by Gasteiger charge is -2.07. The summed E-state index contributed by atoms with van der Waals surface area (Å²) in [6.45, 7) is 6.02. The lowest BCUT2D eigenvalue weighted by atomic mass is 10.2. The number of rotatable bonds is 2. The van der Waals surface area contributed by atoms with Crippen molar-refractivity contribution in [2.75, 3.05) is 0 Å². The maximum absolute atomic E-state index is 5.99. The lowest BCUT2D eigenvalue weighted by molar-refractivity contribution is 0.466. The molecule has 0 saturated carbocycles. The third kappa shape index (κ3) is 2.37. The van der Waals surface area contributed by atoms with E-state index in [1.165, 1.54) is 10.4 Å². The van der Waals surface area contributed by atoms with Gasteiger partial charge in [0.15, 0.2) is 0 Å². The van der Waals surface area contributed by atoms with Crippen LogP contribution in [0.1, 0.15) is 16.3 Å². The maximum Gasteiger partial charge on any atom is 0.231 e. The van der Waals surface area contributed by atoms with Gasteiger partial charge in [0.1, 0.15) is 16.4 Å². The summed E-state index contributed by atoms with van der Waals surface area (Å²) in [4.78, 5) is 11.1. The van der Waals surface area contributed by atoms with Crippen LogP contribution < -0.4 is 4.74 Å². The number of hydrogen-bond donors (Lipinski definition) is 0. The number of halogens is 1. The van der Waals surface area contributed by atoms with Crippen molar-refractivity contribution in [3.05, 3.63) is 45.6 Å². The third-order valence-electron chi connectivity index (χ3n) is 3.12. The molecule has 0 aliphatic rings. The van der Waals surface area contributed by atoms with Crippen LogP contribution in [0.4, 0.5) is 0 Å². The number of aromatic nitrogens is 2. The molecule has 0 bridgehead atoms. The molecule has 0 aliphatic carbocycles. The van der Waals surface area contributed by atoms with Crippen molar-refractivity contribution >= 4 is 33.2 Å². The van der Waals surface area contributed by atoms with Crippen molar-refractivity contribution in [1.29, 1.82) is 0 Å². The Morgan fingerprint density at radius 3 is 2.70 bits per heavy atom. The van der Waals surface area contributed by atoms with Gasteiger partial charge >= 0.3 is 0 Å². The number of aryl methyl sites for hydroxylation is 3. The molecule has 0 unspecified atom stereocenters. The molecule has 0 N–H and O–H groups in total. The zero-order valence-electron chi connectivity index (χ0n) is 11.4. The van der Waals surface area contributed by atoms with Crippen LogP contribution in [0.3, 0.4) is 0 Å². The Morgan fingerprint density at radius 1 is 1.15 bits per heavy atom. The number of fused-ring (bicyclic) bond motifs is 1. The van der Waals surface area contributed by atoms with Crippen molar-refractivity contribution in [2.45, 2.75) is 20.8 Å². The first-order valence-electron chi connectivity index (χ1n) is 6.22. The van der Waals surface area contributed by atoms with Gasteiger partial charge in [-0.3, -0.25) is 0 Å². The molecule has 3 nitrogen and oxygen atoms in total. The molecular weight excluding hydrogens is 292 g/mol. The van der Waals surface area contributed by atoms with Crippen LogP contribution in [0.25, 0.3) is 10.2 Å². The van der Waals surface area contributed by atoms with E-state index in [4.69, 9.17) is 16.3 Å². The first-order chi connectivity index (χ1) is 9.54. The minimum absolute atomic E-state index is 0.594. The summed E-state index contributed by atoms with van der Waals surface area (Å²) in [5, 5.41) is 1.63. The fraction of sp³-hybridized carbons (Fsp3) is 0.200. The molecule has 20 heavy (non-hydrogen) atoms. The zero-order valence-corrected chi connectivity index (χ0v) is 13.0. The van der Waals surface area contributed by atoms with Crippen molar-refractivity contribution in [3.8, 4) is 11.6 Å². The van der Waals surface area contributed by atoms with Crippen LogP contribution in [-0.4, -0.2) is 9.97 Å². The van der Waals surface area contributed by atoms with Gasteiger partial charge < -0.3 is 4.74 Å². The van der Waals surface area contributed by atoms with E-state index in [-0.39, 0.29) is 0 Å². The van der Waals surface area contributed by atoms with Gasteiger partial charge in [-0.25, -0.2) is 4.98 Å². The molecule has 0 saturated heterocycles. The van der Waals surface area contributed by atoms with E-state index in [9.17, 15) is 0 Å². The largest absolute Gasteiger partial charge is 0.438 e. The second-order valence-corrected chi connectivity index (χ2v) is 6.24. The van der Waals surface area contributed by atoms with Crippen LogP contribution in [0.5, 0.6) is 11.6 Å². The molecule has 2 heterocycles. The zero-order chi connectivity index (χ0) is 14.3. The number of nitrogens with zero attached hydrogens (tertiary/aromatic N) is 2. The van der Waals surface area contributed by atoms with E-state index >= 15 is 0 Å². The van der Waals surface area contributed by atoms with Crippen molar-refractivity contribution in [3.63, 3.8) is 0 Å². The molecule has 0 fully saturated rings. The number of benzene rings is 1. The van der Waals surface area contributed by atoms with Crippen LogP contribution >= 0.6 is 22.9 Å². The molecule has 0 radical (unpaired) electrons. The Hall–Kier alpha value is -1.65. The average Bonchev–Trinajstić information content (AvgIpc) is 2.64. The van der Waals surface area contributed by atoms with Crippen molar-refractivity contribution in [2.24, 2.45) is 0 Å². The van der Waals surface area contributed by atoms with Crippen LogP contribution in [-0.2, 0) is 0 Å². The Balaban J connectivity index is 2.15. The van der Waals surface area contributed by atoms with Gasteiger partial charge in [-0.2, -0.15) is 4.98 Å². The second kappa shape index (κ2) is 5.04. The topological polar surface area (TPSA) is 35.0 Å². The summed E-state index contributed by atoms with van der Waals surface area (Å²) < 4.78 is 5.92. The van der Waals surface area contributed by atoms with Crippen LogP contribution in [0, 0.1) is 20.8 Å². The normalized spacial score (nSPS) is 11.0. The molecule has 0 spiro atoms. The summed E-state index contributed by atoms with van der Waals surface area (Å²) in [5.74, 6) is 1.98. The van der Waals surface area contributed by atoms with Crippen LogP contribution in [0.15, 0.2) is 24.3 Å². The molecule has 2 aromatic heterocycles. The second-order valence-electron chi connectivity index (χ2n) is 4.60. The fourth-order valence-electron chi connectivity index (χ4n) is 2.03. The molecule has 0 amide bonds. The van der Waals surface area contributed by atoms with Crippen LogP contribution in [0.2, 0.25) is 5.02 Å². The molecule has 1 aromatic carbocycles. The lowest BCUT2D eigenvalue weighted by Crippen LogP contribution is -1.94. The Morgan fingerprint density at radius 2 is 1.95 bits per heavy atom. The monoisotopic (exact) mass is 304 g/mol. The first-order valence-corrected chi connectivity index (χ1v) is 7.42. The van der Waals surface area contributed by atoms with Crippen molar-refractivity contribution < 1.29 is 4.74 Å². The molecule has 3 rings (SSSR count). The smallest absolute Gasteiger partial charge is 0.231 e. The number of ether oxygens (including phenoxy) is 1. The van der Waals surface area contributed by atoms with Gasteiger partial charge in [0, 0.05) is 9.90 Å². The van der Waals surface area contributed by atoms with Gasteiger partial charge in [-0.15, -0.1) is 11.3 Å². The highest BCUT2D eigenvalue weighted by Gasteiger charge is 2.15. The van der Waals surface area contributed by atoms with E-state index < -0.39 is 0 Å². The molecular formula is C15H13ClN2OS.